The van der Waals surface area contributed by atoms with Crippen molar-refractivity contribution in [1.29, 1.82) is 0 Å². The lowest BCUT2D eigenvalue weighted by Gasteiger charge is -2.31. The molecule has 0 spiro atoms. The maximum absolute atomic E-state index is 6.08. The smallest absolute Gasteiger partial charge is 0.138 e. The maximum Gasteiger partial charge on any atom is 0.138 e. The van der Waals surface area contributed by atoms with E-state index >= 15 is 0 Å². The van der Waals surface area contributed by atoms with Gasteiger partial charge in [-0.05, 0) is 24.6 Å². The van der Waals surface area contributed by atoms with Crippen molar-refractivity contribution in [1.82, 2.24) is 0 Å². The molecule has 106 valence electrons. The van der Waals surface area contributed by atoms with Gasteiger partial charge in [-0.15, -0.1) is 0 Å². The zero-order valence-electron chi connectivity index (χ0n) is 11.6. The van der Waals surface area contributed by atoms with Crippen molar-refractivity contribution < 1.29 is 9.64 Å². The second-order valence-corrected chi connectivity index (χ2v) is 6.62. The molecule has 0 radical (unpaired) electrons. The van der Waals surface area contributed by atoms with Gasteiger partial charge in [0.05, 0.1) is 18.1 Å². The number of hydrogen-bond donors (Lipinski definition) is 1. The van der Waals surface area contributed by atoms with E-state index in [9.17, 15) is 0 Å². The number of halogens is 2. The summed E-state index contributed by atoms with van der Waals surface area (Å²) in [6.07, 6.45) is 1.35. The quantitative estimate of drug-likeness (QED) is 0.903. The second-order valence-electron chi connectivity index (χ2n) is 5.78. The first-order valence-electron chi connectivity index (χ1n) is 6.96. The maximum atomic E-state index is 6.08. The minimum atomic E-state index is 0.586. The topological polar surface area (TPSA) is 13.7 Å². The Morgan fingerprint density at radius 3 is 2.53 bits per heavy atom. The number of likely N-dealkylation sites (tertiary alicyclic amines) is 1. The Balaban J connectivity index is 1.80. The summed E-state index contributed by atoms with van der Waals surface area (Å²) >= 11 is 11.9. The average Bonchev–Trinajstić information content (AvgIpc) is 2.30. The van der Waals surface area contributed by atoms with Gasteiger partial charge in [0, 0.05) is 16.9 Å². The highest BCUT2D eigenvalue weighted by molar-refractivity contribution is 6.35. The molecule has 1 N–H and O–H groups in total. The van der Waals surface area contributed by atoms with Crippen LogP contribution < -0.4 is 9.64 Å². The van der Waals surface area contributed by atoms with E-state index in [1.54, 1.807) is 17.0 Å². The van der Waals surface area contributed by atoms with E-state index < -0.39 is 0 Å². The van der Waals surface area contributed by atoms with Crippen molar-refractivity contribution in [2.75, 3.05) is 26.2 Å². The summed E-state index contributed by atoms with van der Waals surface area (Å²) < 4.78 is 5.75. The summed E-state index contributed by atoms with van der Waals surface area (Å²) in [5.74, 6) is 2.36. The van der Waals surface area contributed by atoms with Crippen LogP contribution in [0.3, 0.4) is 0 Å². The summed E-state index contributed by atoms with van der Waals surface area (Å²) in [6, 6.07) is 5.36. The molecular formula is C15H22Cl2NO+. The first-order valence-corrected chi connectivity index (χ1v) is 7.71. The number of nitrogens with one attached hydrogen (secondary N) is 1. The number of quaternary nitrogens is 1. The number of hydrogen-bond acceptors (Lipinski definition) is 1. The van der Waals surface area contributed by atoms with Crippen LogP contribution in [0.2, 0.25) is 10.0 Å². The van der Waals surface area contributed by atoms with E-state index in [1.165, 1.54) is 19.5 Å². The van der Waals surface area contributed by atoms with Crippen molar-refractivity contribution in [2.24, 2.45) is 11.8 Å². The van der Waals surface area contributed by atoms with Crippen molar-refractivity contribution in [3.05, 3.63) is 28.2 Å². The number of rotatable bonds is 4. The molecule has 0 bridgehead atoms. The summed E-state index contributed by atoms with van der Waals surface area (Å²) in [5, 5.41) is 1.23. The van der Waals surface area contributed by atoms with Gasteiger partial charge in [-0.2, -0.15) is 0 Å². The molecule has 4 heteroatoms. The van der Waals surface area contributed by atoms with Crippen LogP contribution in [0.1, 0.15) is 20.3 Å². The lowest BCUT2D eigenvalue weighted by atomic mass is 9.92. The van der Waals surface area contributed by atoms with E-state index in [4.69, 9.17) is 27.9 Å². The van der Waals surface area contributed by atoms with E-state index in [1.807, 2.05) is 6.07 Å². The van der Waals surface area contributed by atoms with Gasteiger partial charge in [0.1, 0.15) is 18.9 Å². The molecule has 0 aliphatic carbocycles. The Bertz CT molecular complexity index is 415. The molecule has 0 aromatic heterocycles. The van der Waals surface area contributed by atoms with Crippen LogP contribution in [-0.4, -0.2) is 26.2 Å². The van der Waals surface area contributed by atoms with Crippen LogP contribution in [0.4, 0.5) is 0 Å². The Kier molecular flexibility index (Phi) is 5.37. The van der Waals surface area contributed by atoms with Gasteiger partial charge in [-0.3, -0.25) is 0 Å². The van der Waals surface area contributed by atoms with Crippen LogP contribution in [0, 0.1) is 11.8 Å². The molecule has 1 aliphatic rings. The molecule has 1 fully saturated rings. The third-order valence-electron chi connectivity index (χ3n) is 3.69. The van der Waals surface area contributed by atoms with Gasteiger partial charge in [0.2, 0.25) is 0 Å². The standard InChI is InChI=1S/C15H21Cl2NO/c1-11-7-12(2)10-18(9-11)5-6-19-15-4-3-13(16)8-14(15)17/h3-4,8,11-12H,5-7,9-10H2,1-2H3/p+1/t11-,12+. The van der Waals surface area contributed by atoms with Crippen LogP contribution in [0.25, 0.3) is 0 Å². The fourth-order valence-corrected chi connectivity index (χ4v) is 3.49. The van der Waals surface area contributed by atoms with E-state index in [2.05, 4.69) is 13.8 Å². The highest BCUT2D eigenvalue weighted by Crippen LogP contribution is 2.27. The molecule has 19 heavy (non-hydrogen) atoms. The summed E-state index contributed by atoms with van der Waals surface area (Å²) in [6.45, 7) is 8.92. The van der Waals surface area contributed by atoms with Gasteiger partial charge in [0.15, 0.2) is 0 Å². The minimum Gasteiger partial charge on any atom is -0.486 e. The highest BCUT2D eigenvalue weighted by Gasteiger charge is 2.24. The third kappa shape index (κ3) is 4.55. The molecule has 0 saturated carbocycles. The molecule has 1 saturated heterocycles. The SMILES string of the molecule is C[C@@H]1C[C@H](C)C[NH+](CCOc2ccc(Cl)cc2Cl)C1. The predicted molar refractivity (Wildman–Crippen MR) is 80.5 cm³/mol. The molecule has 1 heterocycles. The average molecular weight is 303 g/mol. The predicted octanol–water partition coefficient (Wildman–Crippen LogP) is 2.93. The molecule has 2 nitrogen and oxygen atoms in total. The molecule has 1 aromatic rings. The fraction of sp³-hybridized carbons (Fsp3) is 0.600. The van der Waals surface area contributed by atoms with Crippen LogP contribution in [0.5, 0.6) is 5.75 Å². The molecule has 2 rings (SSSR count). The van der Waals surface area contributed by atoms with Crippen molar-refractivity contribution in [3.8, 4) is 5.75 Å². The first kappa shape index (κ1) is 15.0. The molecule has 1 aromatic carbocycles. The monoisotopic (exact) mass is 302 g/mol. The molecule has 1 unspecified atom stereocenters. The molecular weight excluding hydrogens is 281 g/mol. The zero-order chi connectivity index (χ0) is 13.8. The normalized spacial score (nSPS) is 27.3. The number of ether oxygens (including phenoxy) is 1. The third-order valence-corrected chi connectivity index (χ3v) is 4.22. The van der Waals surface area contributed by atoms with Gasteiger partial charge in [0.25, 0.3) is 0 Å². The molecule has 3 atom stereocenters. The van der Waals surface area contributed by atoms with Gasteiger partial charge < -0.3 is 9.64 Å². The van der Waals surface area contributed by atoms with Crippen LogP contribution in [-0.2, 0) is 0 Å². The summed E-state index contributed by atoms with van der Waals surface area (Å²) in [7, 11) is 0. The van der Waals surface area contributed by atoms with Crippen LogP contribution >= 0.6 is 23.2 Å². The second kappa shape index (κ2) is 6.83. The largest absolute Gasteiger partial charge is 0.486 e. The summed E-state index contributed by atoms with van der Waals surface area (Å²) in [5.41, 5.74) is 0. The first-order chi connectivity index (χ1) is 9.04. The lowest BCUT2D eigenvalue weighted by Crippen LogP contribution is -3.14. The Morgan fingerprint density at radius 1 is 1.21 bits per heavy atom. The Labute approximate surface area is 125 Å². The fourth-order valence-electron chi connectivity index (χ4n) is 3.02. The number of piperidine rings is 1. The Morgan fingerprint density at radius 2 is 1.89 bits per heavy atom. The minimum absolute atomic E-state index is 0.586. The van der Waals surface area contributed by atoms with Crippen LogP contribution in [0.15, 0.2) is 18.2 Å². The van der Waals surface area contributed by atoms with E-state index in [-0.39, 0.29) is 0 Å². The van der Waals surface area contributed by atoms with E-state index in [0.717, 1.165) is 24.1 Å². The number of benzene rings is 1. The zero-order valence-corrected chi connectivity index (χ0v) is 13.1. The van der Waals surface area contributed by atoms with E-state index in [0.29, 0.717) is 16.7 Å². The van der Waals surface area contributed by atoms with Gasteiger partial charge >= 0.3 is 0 Å². The molecule has 1 aliphatic heterocycles. The lowest BCUT2D eigenvalue weighted by molar-refractivity contribution is -0.912. The van der Waals surface area contributed by atoms with Crippen molar-refractivity contribution in [2.45, 2.75) is 20.3 Å². The summed E-state index contributed by atoms with van der Waals surface area (Å²) in [4.78, 5) is 1.64. The van der Waals surface area contributed by atoms with Crippen molar-refractivity contribution >= 4 is 23.2 Å². The van der Waals surface area contributed by atoms with Gasteiger partial charge in [-0.1, -0.05) is 37.0 Å². The van der Waals surface area contributed by atoms with Crippen molar-refractivity contribution in [3.63, 3.8) is 0 Å². The van der Waals surface area contributed by atoms with Gasteiger partial charge in [-0.25, -0.2) is 0 Å². The molecule has 0 amide bonds. The Hall–Kier alpha value is -0.440. The highest BCUT2D eigenvalue weighted by atomic mass is 35.5.